The molecule has 1 heterocycles. The number of carbonyl (C=O) groups is 1. The molecular formula is C13H16Br2N2O. The minimum absolute atomic E-state index is 0.0684. The fourth-order valence-corrected chi connectivity index (χ4v) is 3.73. The van der Waals surface area contributed by atoms with Crippen LogP contribution in [-0.4, -0.2) is 19.0 Å². The monoisotopic (exact) mass is 374 g/mol. The van der Waals surface area contributed by atoms with E-state index >= 15 is 0 Å². The largest absolute Gasteiger partial charge is 0.324 e. The summed E-state index contributed by atoms with van der Waals surface area (Å²) in [6, 6.07) is 4.00. The van der Waals surface area contributed by atoms with Crippen molar-refractivity contribution in [3.8, 4) is 0 Å². The predicted molar refractivity (Wildman–Crippen MR) is 80.8 cm³/mol. The highest BCUT2D eigenvalue weighted by molar-refractivity contribution is 9.11. The van der Waals surface area contributed by atoms with Crippen molar-refractivity contribution in [3.63, 3.8) is 0 Å². The first kappa shape index (κ1) is 14.0. The van der Waals surface area contributed by atoms with Gasteiger partial charge in [0, 0.05) is 15.5 Å². The Morgan fingerprint density at radius 2 is 2.06 bits per heavy atom. The van der Waals surface area contributed by atoms with Crippen LogP contribution in [0.15, 0.2) is 21.1 Å². The summed E-state index contributed by atoms with van der Waals surface area (Å²) in [4.78, 5) is 12.2. The molecule has 1 aliphatic heterocycles. The molecule has 1 saturated heterocycles. The predicted octanol–water partition coefficient (Wildman–Crippen LogP) is 3.46. The lowest BCUT2D eigenvalue weighted by Crippen LogP contribution is -2.37. The Hall–Kier alpha value is -0.390. The molecule has 1 fully saturated rings. The molecule has 18 heavy (non-hydrogen) atoms. The first-order valence-electron chi connectivity index (χ1n) is 6.05. The van der Waals surface area contributed by atoms with Crippen LogP contribution in [0.1, 0.15) is 18.4 Å². The van der Waals surface area contributed by atoms with Crippen LogP contribution in [0.5, 0.6) is 0 Å². The van der Waals surface area contributed by atoms with Crippen LogP contribution in [0, 0.1) is 12.8 Å². The molecule has 0 spiro atoms. The molecule has 0 bridgehead atoms. The maximum atomic E-state index is 12.2. The van der Waals surface area contributed by atoms with Crippen molar-refractivity contribution < 1.29 is 4.79 Å². The Kier molecular flexibility index (Phi) is 4.81. The van der Waals surface area contributed by atoms with Gasteiger partial charge in [-0.2, -0.15) is 0 Å². The molecule has 1 aromatic rings. The van der Waals surface area contributed by atoms with Crippen LogP contribution < -0.4 is 10.6 Å². The number of benzene rings is 1. The minimum atomic E-state index is 0.0684. The number of hydrogen-bond donors (Lipinski definition) is 2. The van der Waals surface area contributed by atoms with E-state index in [-0.39, 0.29) is 11.8 Å². The van der Waals surface area contributed by atoms with Gasteiger partial charge in [0.15, 0.2) is 0 Å². The van der Waals surface area contributed by atoms with Crippen molar-refractivity contribution >= 4 is 43.5 Å². The zero-order valence-electron chi connectivity index (χ0n) is 10.2. The molecule has 2 rings (SSSR count). The van der Waals surface area contributed by atoms with E-state index < -0.39 is 0 Å². The highest BCUT2D eigenvalue weighted by Gasteiger charge is 2.22. The Balaban J connectivity index is 2.11. The van der Waals surface area contributed by atoms with Gasteiger partial charge >= 0.3 is 0 Å². The quantitative estimate of drug-likeness (QED) is 0.831. The lowest BCUT2D eigenvalue weighted by atomic mass is 9.99. The van der Waals surface area contributed by atoms with Crippen molar-refractivity contribution in [1.29, 1.82) is 0 Å². The summed E-state index contributed by atoms with van der Waals surface area (Å²) >= 11 is 6.98. The second kappa shape index (κ2) is 6.17. The summed E-state index contributed by atoms with van der Waals surface area (Å²) in [7, 11) is 0. The van der Waals surface area contributed by atoms with Gasteiger partial charge in [0.1, 0.15) is 0 Å². The topological polar surface area (TPSA) is 41.1 Å². The van der Waals surface area contributed by atoms with Crippen LogP contribution in [-0.2, 0) is 4.79 Å². The molecule has 1 amide bonds. The van der Waals surface area contributed by atoms with E-state index in [0.717, 1.165) is 46.1 Å². The number of carbonyl (C=O) groups excluding carboxylic acids is 1. The molecule has 2 N–H and O–H groups in total. The van der Waals surface area contributed by atoms with Crippen molar-refractivity contribution in [3.05, 3.63) is 26.6 Å². The summed E-state index contributed by atoms with van der Waals surface area (Å²) in [5.74, 6) is 0.159. The molecule has 0 aliphatic carbocycles. The summed E-state index contributed by atoms with van der Waals surface area (Å²) in [5, 5.41) is 6.26. The van der Waals surface area contributed by atoms with Gasteiger partial charge < -0.3 is 10.6 Å². The van der Waals surface area contributed by atoms with E-state index in [1.54, 1.807) is 0 Å². The zero-order valence-corrected chi connectivity index (χ0v) is 13.4. The second-order valence-corrected chi connectivity index (χ2v) is 6.34. The third kappa shape index (κ3) is 3.33. The van der Waals surface area contributed by atoms with E-state index in [0.29, 0.717) is 0 Å². The lowest BCUT2D eigenvalue weighted by Gasteiger charge is -2.22. The van der Waals surface area contributed by atoms with Gasteiger partial charge in [-0.25, -0.2) is 0 Å². The molecule has 0 saturated carbocycles. The van der Waals surface area contributed by atoms with Crippen molar-refractivity contribution in [2.24, 2.45) is 5.92 Å². The maximum absolute atomic E-state index is 12.2. The van der Waals surface area contributed by atoms with Gasteiger partial charge in [-0.05, 0) is 75.9 Å². The van der Waals surface area contributed by atoms with Gasteiger partial charge in [-0.1, -0.05) is 0 Å². The molecule has 1 aromatic carbocycles. The number of piperidine rings is 1. The molecule has 0 unspecified atom stereocenters. The summed E-state index contributed by atoms with van der Waals surface area (Å²) in [6.07, 6.45) is 2.02. The number of hydrogen-bond acceptors (Lipinski definition) is 2. The van der Waals surface area contributed by atoms with Crippen LogP contribution in [0.25, 0.3) is 0 Å². The van der Waals surface area contributed by atoms with Gasteiger partial charge in [0.2, 0.25) is 5.91 Å². The molecule has 98 valence electrons. The third-order valence-corrected chi connectivity index (χ3v) is 4.35. The highest BCUT2D eigenvalue weighted by atomic mass is 79.9. The minimum Gasteiger partial charge on any atom is -0.324 e. The normalized spacial score (nSPS) is 19.6. The van der Waals surface area contributed by atoms with Crippen molar-refractivity contribution in [1.82, 2.24) is 5.32 Å². The molecule has 3 nitrogen and oxygen atoms in total. The average molecular weight is 376 g/mol. The van der Waals surface area contributed by atoms with Crippen LogP contribution >= 0.6 is 31.9 Å². The standard InChI is InChI=1S/C13H16Br2N2O/c1-8-5-10(14)12(11(15)6-8)17-13(18)9-3-2-4-16-7-9/h5-6,9,16H,2-4,7H2,1H3,(H,17,18)/t9-/m1/s1. The second-order valence-electron chi connectivity index (χ2n) is 4.64. The molecular weight excluding hydrogens is 360 g/mol. The van der Waals surface area contributed by atoms with Crippen molar-refractivity contribution in [2.75, 3.05) is 18.4 Å². The Morgan fingerprint density at radius 3 is 2.61 bits per heavy atom. The third-order valence-electron chi connectivity index (χ3n) is 3.10. The SMILES string of the molecule is Cc1cc(Br)c(NC(=O)[C@@H]2CCCNC2)c(Br)c1. The lowest BCUT2D eigenvalue weighted by molar-refractivity contribution is -0.120. The zero-order chi connectivity index (χ0) is 13.1. The maximum Gasteiger partial charge on any atom is 0.228 e. The molecule has 0 radical (unpaired) electrons. The summed E-state index contributed by atoms with van der Waals surface area (Å²) < 4.78 is 1.82. The number of amides is 1. The summed E-state index contributed by atoms with van der Waals surface area (Å²) in [5.41, 5.74) is 1.96. The fourth-order valence-electron chi connectivity index (χ4n) is 2.12. The average Bonchev–Trinajstić information content (AvgIpc) is 2.34. The molecule has 5 heteroatoms. The number of halogens is 2. The first-order valence-corrected chi connectivity index (χ1v) is 7.64. The Labute approximate surface area is 124 Å². The van der Waals surface area contributed by atoms with Crippen molar-refractivity contribution in [2.45, 2.75) is 19.8 Å². The van der Waals surface area contributed by atoms with Gasteiger partial charge in [0.25, 0.3) is 0 Å². The van der Waals surface area contributed by atoms with E-state index in [9.17, 15) is 4.79 Å². The Bertz CT molecular complexity index is 433. The van der Waals surface area contributed by atoms with E-state index in [4.69, 9.17) is 0 Å². The molecule has 0 aromatic heterocycles. The molecule has 1 atom stereocenters. The first-order chi connectivity index (χ1) is 8.58. The van der Waals surface area contributed by atoms with Crippen LogP contribution in [0.2, 0.25) is 0 Å². The van der Waals surface area contributed by atoms with E-state index in [1.807, 2.05) is 19.1 Å². The number of nitrogens with one attached hydrogen (secondary N) is 2. The Morgan fingerprint density at radius 1 is 1.39 bits per heavy atom. The van der Waals surface area contributed by atoms with Gasteiger partial charge in [0.05, 0.1) is 11.6 Å². The summed E-state index contributed by atoms with van der Waals surface area (Å²) in [6.45, 7) is 3.81. The van der Waals surface area contributed by atoms with Crippen LogP contribution in [0.4, 0.5) is 5.69 Å². The van der Waals surface area contributed by atoms with Crippen LogP contribution in [0.3, 0.4) is 0 Å². The van der Waals surface area contributed by atoms with E-state index in [2.05, 4.69) is 42.5 Å². The van der Waals surface area contributed by atoms with E-state index in [1.165, 1.54) is 0 Å². The fraction of sp³-hybridized carbons (Fsp3) is 0.462. The molecule has 1 aliphatic rings. The number of rotatable bonds is 2. The number of anilines is 1. The number of aryl methyl sites for hydroxylation is 1. The van der Waals surface area contributed by atoms with Gasteiger partial charge in [-0.3, -0.25) is 4.79 Å². The highest BCUT2D eigenvalue weighted by Crippen LogP contribution is 2.32. The van der Waals surface area contributed by atoms with Gasteiger partial charge in [-0.15, -0.1) is 0 Å². The smallest absolute Gasteiger partial charge is 0.228 e.